The summed E-state index contributed by atoms with van der Waals surface area (Å²) in [7, 11) is 1.61. The molecule has 0 saturated carbocycles. The van der Waals surface area contributed by atoms with E-state index in [0.717, 1.165) is 5.56 Å². The molecule has 92 valence electrons. The summed E-state index contributed by atoms with van der Waals surface area (Å²) in [4.78, 5) is 0. The summed E-state index contributed by atoms with van der Waals surface area (Å²) in [6, 6.07) is 4.73. The van der Waals surface area contributed by atoms with Crippen molar-refractivity contribution in [2.24, 2.45) is 5.73 Å². The zero-order chi connectivity index (χ0) is 12.5. The van der Waals surface area contributed by atoms with Crippen molar-refractivity contribution in [2.75, 3.05) is 26.9 Å². The van der Waals surface area contributed by atoms with Gasteiger partial charge in [0, 0.05) is 7.11 Å². The van der Waals surface area contributed by atoms with Crippen LogP contribution in [0.2, 0.25) is 0 Å². The molecule has 0 unspecified atom stereocenters. The fraction of sp³-hybridized carbons (Fsp3) is 0.385. The maximum Gasteiger partial charge on any atom is 0.138 e. The van der Waals surface area contributed by atoms with Gasteiger partial charge in [-0.25, -0.2) is 4.39 Å². The fourth-order valence-electron chi connectivity index (χ4n) is 1.24. The van der Waals surface area contributed by atoms with Gasteiger partial charge in [0.1, 0.15) is 5.82 Å². The lowest BCUT2D eigenvalue weighted by Crippen LogP contribution is -2.02. The number of methoxy groups -OCH3 is 1. The van der Waals surface area contributed by atoms with Crippen molar-refractivity contribution in [1.82, 2.24) is 0 Å². The molecular formula is C13H16FNO2. The molecule has 4 heteroatoms. The number of hydrogen-bond acceptors (Lipinski definition) is 3. The molecule has 0 fully saturated rings. The Kier molecular flexibility index (Phi) is 6.26. The summed E-state index contributed by atoms with van der Waals surface area (Å²) in [5.74, 6) is 4.97. The number of rotatable bonds is 5. The summed E-state index contributed by atoms with van der Waals surface area (Å²) < 4.78 is 23.5. The Balaban J connectivity index is 2.61. The summed E-state index contributed by atoms with van der Waals surface area (Å²) in [6.07, 6.45) is 0. The van der Waals surface area contributed by atoms with E-state index in [0.29, 0.717) is 25.4 Å². The van der Waals surface area contributed by atoms with E-state index in [1.54, 1.807) is 19.2 Å². The Morgan fingerprint density at radius 2 is 2.18 bits per heavy atom. The van der Waals surface area contributed by atoms with E-state index in [9.17, 15) is 4.39 Å². The van der Waals surface area contributed by atoms with E-state index in [2.05, 4.69) is 11.8 Å². The largest absolute Gasteiger partial charge is 0.382 e. The summed E-state index contributed by atoms with van der Waals surface area (Å²) in [5, 5.41) is 0. The van der Waals surface area contributed by atoms with Crippen molar-refractivity contribution in [2.45, 2.75) is 6.61 Å². The van der Waals surface area contributed by atoms with Crippen molar-refractivity contribution in [1.29, 1.82) is 0 Å². The smallest absolute Gasteiger partial charge is 0.138 e. The quantitative estimate of drug-likeness (QED) is 0.620. The second-order valence-corrected chi connectivity index (χ2v) is 3.37. The van der Waals surface area contributed by atoms with Gasteiger partial charge in [-0.05, 0) is 17.7 Å². The molecular weight excluding hydrogens is 221 g/mol. The van der Waals surface area contributed by atoms with E-state index in [1.165, 1.54) is 6.07 Å². The van der Waals surface area contributed by atoms with Crippen LogP contribution in [0.3, 0.4) is 0 Å². The van der Waals surface area contributed by atoms with E-state index in [4.69, 9.17) is 15.2 Å². The highest BCUT2D eigenvalue weighted by atomic mass is 19.1. The predicted molar refractivity (Wildman–Crippen MR) is 63.9 cm³/mol. The van der Waals surface area contributed by atoms with Crippen LogP contribution in [0.15, 0.2) is 18.2 Å². The predicted octanol–water partition coefficient (Wildman–Crippen LogP) is 1.30. The van der Waals surface area contributed by atoms with Crippen LogP contribution in [0.1, 0.15) is 11.1 Å². The van der Waals surface area contributed by atoms with E-state index in [-0.39, 0.29) is 12.4 Å². The molecule has 0 bridgehead atoms. The molecule has 0 amide bonds. The summed E-state index contributed by atoms with van der Waals surface area (Å²) in [6.45, 7) is 1.69. The van der Waals surface area contributed by atoms with Gasteiger partial charge in [0.25, 0.3) is 0 Å². The monoisotopic (exact) mass is 237 g/mol. The maximum absolute atomic E-state index is 13.3. The van der Waals surface area contributed by atoms with Crippen molar-refractivity contribution < 1.29 is 13.9 Å². The second kappa shape index (κ2) is 7.80. The van der Waals surface area contributed by atoms with Crippen LogP contribution in [0.5, 0.6) is 0 Å². The van der Waals surface area contributed by atoms with Crippen LogP contribution in [0.25, 0.3) is 0 Å². The molecule has 3 nitrogen and oxygen atoms in total. The minimum Gasteiger partial charge on any atom is -0.382 e. The van der Waals surface area contributed by atoms with Crippen molar-refractivity contribution in [3.8, 4) is 11.8 Å². The third-order valence-corrected chi connectivity index (χ3v) is 2.06. The Bertz CT molecular complexity index is 410. The molecule has 0 radical (unpaired) electrons. The normalized spacial score (nSPS) is 9.82. The van der Waals surface area contributed by atoms with Crippen LogP contribution >= 0.6 is 0 Å². The molecule has 0 aliphatic heterocycles. The first kappa shape index (κ1) is 13.7. The lowest BCUT2D eigenvalue weighted by molar-refractivity contribution is 0.0616. The first-order chi connectivity index (χ1) is 8.27. The van der Waals surface area contributed by atoms with Gasteiger partial charge in [-0.1, -0.05) is 17.9 Å². The SMILES string of the molecule is COCCOCc1ccc(F)c(C#CCN)c1. The van der Waals surface area contributed by atoms with Gasteiger partial charge in [0.2, 0.25) is 0 Å². The molecule has 17 heavy (non-hydrogen) atoms. The highest BCUT2D eigenvalue weighted by Crippen LogP contribution is 2.10. The van der Waals surface area contributed by atoms with E-state index >= 15 is 0 Å². The number of hydrogen-bond donors (Lipinski definition) is 1. The Hall–Kier alpha value is -1.41. The highest BCUT2D eigenvalue weighted by molar-refractivity contribution is 5.38. The second-order valence-electron chi connectivity index (χ2n) is 3.37. The van der Waals surface area contributed by atoms with Crippen LogP contribution in [0, 0.1) is 17.7 Å². The van der Waals surface area contributed by atoms with Crippen molar-refractivity contribution in [3.05, 3.63) is 35.1 Å². The third kappa shape index (κ3) is 4.96. The molecule has 0 saturated heterocycles. The molecule has 0 spiro atoms. The van der Waals surface area contributed by atoms with Crippen molar-refractivity contribution in [3.63, 3.8) is 0 Å². The van der Waals surface area contributed by atoms with Gasteiger partial charge >= 0.3 is 0 Å². The molecule has 2 N–H and O–H groups in total. The van der Waals surface area contributed by atoms with Crippen LogP contribution < -0.4 is 5.73 Å². The minimum atomic E-state index is -0.341. The minimum absolute atomic E-state index is 0.216. The number of benzene rings is 1. The molecule has 0 aromatic heterocycles. The fourth-order valence-corrected chi connectivity index (χ4v) is 1.24. The van der Waals surface area contributed by atoms with Gasteiger partial charge in [-0.3, -0.25) is 0 Å². The zero-order valence-electron chi connectivity index (χ0n) is 9.83. The summed E-state index contributed by atoms with van der Waals surface area (Å²) >= 11 is 0. The van der Waals surface area contributed by atoms with Crippen LogP contribution in [-0.4, -0.2) is 26.9 Å². The standard InChI is InChI=1S/C13H16FNO2/c1-16-7-8-17-10-11-4-5-13(14)12(9-11)3-2-6-15/h4-5,9H,6-8,10,15H2,1H3. The third-order valence-electron chi connectivity index (χ3n) is 2.06. The maximum atomic E-state index is 13.3. The lowest BCUT2D eigenvalue weighted by Gasteiger charge is -2.04. The average Bonchev–Trinajstić information content (AvgIpc) is 2.35. The van der Waals surface area contributed by atoms with Gasteiger partial charge in [-0.15, -0.1) is 0 Å². The highest BCUT2D eigenvalue weighted by Gasteiger charge is 2.01. The van der Waals surface area contributed by atoms with Gasteiger partial charge in [0.15, 0.2) is 0 Å². The van der Waals surface area contributed by atoms with Crippen LogP contribution in [-0.2, 0) is 16.1 Å². The number of ether oxygens (including phenoxy) is 2. The first-order valence-corrected chi connectivity index (χ1v) is 5.32. The molecule has 1 rings (SSSR count). The molecule has 1 aromatic rings. The van der Waals surface area contributed by atoms with E-state index in [1.807, 2.05) is 0 Å². The van der Waals surface area contributed by atoms with Crippen molar-refractivity contribution >= 4 is 0 Å². The molecule has 0 heterocycles. The number of nitrogens with two attached hydrogens (primary N) is 1. The topological polar surface area (TPSA) is 44.5 Å². The van der Waals surface area contributed by atoms with Gasteiger partial charge < -0.3 is 15.2 Å². The lowest BCUT2D eigenvalue weighted by atomic mass is 10.1. The van der Waals surface area contributed by atoms with Gasteiger partial charge in [-0.2, -0.15) is 0 Å². The molecule has 0 aliphatic rings. The number of halogens is 1. The van der Waals surface area contributed by atoms with Gasteiger partial charge in [0.05, 0.1) is 31.9 Å². The molecule has 0 aliphatic carbocycles. The summed E-state index contributed by atoms with van der Waals surface area (Å²) in [5.41, 5.74) is 6.47. The molecule has 0 atom stereocenters. The zero-order valence-corrected chi connectivity index (χ0v) is 9.83. The Morgan fingerprint density at radius 1 is 1.35 bits per heavy atom. The average molecular weight is 237 g/mol. The Morgan fingerprint density at radius 3 is 2.88 bits per heavy atom. The van der Waals surface area contributed by atoms with Crippen LogP contribution in [0.4, 0.5) is 4.39 Å². The first-order valence-electron chi connectivity index (χ1n) is 5.32. The molecule has 1 aromatic carbocycles. The Labute approximate surface area is 101 Å². The van der Waals surface area contributed by atoms with E-state index < -0.39 is 0 Å².